The molecular weight excluding hydrogens is 252 g/mol. The van der Waals surface area contributed by atoms with E-state index in [2.05, 4.69) is 33.8 Å². The van der Waals surface area contributed by atoms with Crippen LogP contribution >= 0.6 is 0 Å². The van der Waals surface area contributed by atoms with Crippen molar-refractivity contribution in [2.45, 2.75) is 25.7 Å². The number of amides is 1. The quantitative estimate of drug-likeness (QED) is 0.846. The maximum Gasteiger partial charge on any atom is 0.270 e. The number of nitrogens with one attached hydrogen (secondary N) is 1. The first kappa shape index (κ1) is 14.7. The number of nitrogens with zero attached hydrogens (tertiary/aromatic N) is 3. The van der Waals surface area contributed by atoms with E-state index in [1.807, 2.05) is 13.0 Å². The summed E-state index contributed by atoms with van der Waals surface area (Å²) in [4.78, 5) is 23.1. The highest BCUT2D eigenvalue weighted by Crippen LogP contribution is 2.25. The molecule has 2 rings (SSSR count). The van der Waals surface area contributed by atoms with Crippen LogP contribution in [0.2, 0.25) is 0 Å². The maximum absolute atomic E-state index is 12.0. The van der Waals surface area contributed by atoms with E-state index in [9.17, 15) is 4.79 Å². The highest BCUT2D eigenvalue weighted by molar-refractivity contribution is 5.92. The van der Waals surface area contributed by atoms with Crippen LogP contribution in [-0.2, 0) is 0 Å². The average molecular weight is 274 g/mol. The number of aryl methyl sites for hydroxylation is 1. The lowest BCUT2D eigenvalue weighted by molar-refractivity contribution is 0.0952. The van der Waals surface area contributed by atoms with Gasteiger partial charge in [0.05, 0.1) is 0 Å². The summed E-state index contributed by atoms with van der Waals surface area (Å²) in [5.41, 5.74) is 1.43. The summed E-state index contributed by atoms with van der Waals surface area (Å²) in [6, 6.07) is 1.83. The summed E-state index contributed by atoms with van der Waals surface area (Å²) >= 11 is 0. The van der Waals surface area contributed by atoms with Crippen molar-refractivity contribution in [2.24, 2.45) is 0 Å². The van der Waals surface area contributed by atoms with Crippen molar-refractivity contribution in [1.82, 2.24) is 20.2 Å². The summed E-state index contributed by atoms with van der Waals surface area (Å²) in [6.45, 7) is 7.99. The molecule has 1 fully saturated rings. The third kappa shape index (κ3) is 3.63. The highest BCUT2D eigenvalue weighted by Gasteiger charge is 2.22. The monoisotopic (exact) mass is 274 g/mol. The summed E-state index contributed by atoms with van der Waals surface area (Å²) in [6.07, 6.45) is 3.94. The number of carbonyl (C=O) groups is 1. The van der Waals surface area contributed by atoms with Gasteiger partial charge in [-0.1, -0.05) is 6.08 Å². The molecule has 0 unspecified atom stereocenters. The number of hydrogen-bond donors (Lipinski definition) is 1. The molecule has 1 aromatic rings. The fourth-order valence-corrected chi connectivity index (χ4v) is 2.58. The molecule has 0 spiro atoms. The van der Waals surface area contributed by atoms with E-state index in [4.69, 9.17) is 0 Å². The van der Waals surface area contributed by atoms with E-state index in [0.29, 0.717) is 24.0 Å². The van der Waals surface area contributed by atoms with Gasteiger partial charge in [-0.2, -0.15) is 0 Å². The van der Waals surface area contributed by atoms with Crippen LogP contribution < -0.4 is 5.32 Å². The minimum absolute atomic E-state index is 0.166. The van der Waals surface area contributed by atoms with E-state index in [-0.39, 0.29) is 5.91 Å². The number of carbonyl (C=O) groups excluding carboxylic acids is 1. The number of piperidine rings is 1. The first-order valence-electron chi connectivity index (χ1n) is 7.03. The third-order valence-corrected chi connectivity index (χ3v) is 3.54. The average Bonchev–Trinajstić information content (AvgIpc) is 2.44. The first-order valence-corrected chi connectivity index (χ1v) is 7.03. The zero-order valence-corrected chi connectivity index (χ0v) is 12.2. The van der Waals surface area contributed by atoms with E-state index in [0.717, 1.165) is 25.2 Å². The molecule has 1 aliphatic heterocycles. The number of rotatable bonds is 4. The normalized spacial score (nSPS) is 19.6. The van der Waals surface area contributed by atoms with Crippen LogP contribution in [0.3, 0.4) is 0 Å². The number of aromatic nitrogens is 2. The van der Waals surface area contributed by atoms with Crippen LogP contribution in [0.15, 0.2) is 18.7 Å². The molecule has 1 atom stereocenters. The number of likely N-dealkylation sites (tertiary alicyclic amines) is 1. The van der Waals surface area contributed by atoms with Gasteiger partial charge in [-0.25, -0.2) is 9.97 Å². The fourth-order valence-electron chi connectivity index (χ4n) is 2.58. The molecule has 0 aliphatic carbocycles. The molecule has 5 nitrogen and oxygen atoms in total. The molecule has 1 amide bonds. The topological polar surface area (TPSA) is 58.1 Å². The van der Waals surface area contributed by atoms with Gasteiger partial charge in [0.25, 0.3) is 5.91 Å². The largest absolute Gasteiger partial charge is 0.347 e. The molecule has 0 aromatic carbocycles. The molecule has 2 heterocycles. The van der Waals surface area contributed by atoms with Crippen LogP contribution in [0.4, 0.5) is 0 Å². The van der Waals surface area contributed by atoms with Gasteiger partial charge >= 0.3 is 0 Å². The lowest BCUT2D eigenvalue weighted by Crippen LogP contribution is -2.32. The van der Waals surface area contributed by atoms with Crippen LogP contribution in [0.1, 0.15) is 40.8 Å². The Balaban J connectivity index is 2.19. The minimum atomic E-state index is -0.166. The van der Waals surface area contributed by atoms with E-state index in [1.54, 1.807) is 6.08 Å². The van der Waals surface area contributed by atoms with E-state index >= 15 is 0 Å². The zero-order chi connectivity index (χ0) is 14.5. The molecule has 0 bridgehead atoms. The molecule has 1 aliphatic rings. The fraction of sp³-hybridized carbons (Fsp3) is 0.533. The van der Waals surface area contributed by atoms with Crippen LogP contribution in [0.25, 0.3) is 0 Å². The van der Waals surface area contributed by atoms with E-state index < -0.39 is 0 Å². The molecule has 0 radical (unpaired) electrons. The summed E-state index contributed by atoms with van der Waals surface area (Å²) in [7, 11) is 2.12. The highest BCUT2D eigenvalue weighted by atomic mass is 16.1. The standard InChI is InChI=1S/C15H22N4O/c1-4-7-16-15(20)14-9-13(17-11(2)18-14)12-6-5-8-19(3)10-12/h4,9,12H,1,5-8,10H2,2-3H3,(H,16,20)/t12-/m1/s1. The summed E-state index contributed by atoms with van der Waals surface area (Å²) in [5, 5.41) is 2.76. The number of likely N-dealkylation sites (N-methyl/N-ethyl adjacent to an activating group) is 1. The minimum Gasteiger partial charge on any atom is -0.347 e. The molecule has 20 heavy (non-hydrogen) atoms. The Morgan fingerprint density at radius 3 is 3.10 bits per heavy atom. The van der Waals surface area contributed by atoms with Crippen molar-refractivity contribution in [3.05, 3.63) is 35.9 Å². The Kier molecular flexibility index (Phi) is 4.84. The van der Waals surface area contributed by atoms with Crippen molar-refractivity contribution >= 4 is 5.91 Å². The van der Waals surface area contributed by atoms with Crippen molar-refractivity contribution < 1.29 is 4.79 Å². The van der Waals surface area contributed by atoms with Crippen LogP contribution in [0, 0.1) is 6.92 Å². The van der Waals surface area contributed by atoms with Gasteiger partial charge in [0.1, 0.15) is 11.5 Å². The van der Waals surface area contributed by atoms with E-state index in [1.165, 1.54) is 6.42 Å². The lowest BCUT2D eigenvalue weighted by Gasteiger charge is -2.29. The predicted octanol–water partition coefficient (Wildman–Crippen LogP) is 1.51. The third-order valence-electron chi connectivity index (χ3n) is 3.54. The molecule has 1 saturated heterocycles. The maximum atomic E-state index is 12.0. The first-order chi connectivity index (χ1) is 9.60. The van der Waals surface area contributed by atoms with Crippen molar-refractivity contribution in [2.75, 3.05) is 26.7 Å². The Labute approximate surface area is 120 Å². The molecule has 0 saturated carbocycles. The zero-order valence-electron chi connectivity index (χ0n) is 12.2. The number of hydrogen-bond acceptors (Lipinski definition) is 4. The second kappa shape index (κ2) is 6.61. The van der Waals surface area contributed by atoms with Crippen LogP contribution in [-0.4, -0.2) is 47.5 Å². The molecular formula is C15H22N4O. The van der Waals surface area contributed by atoms with Gasteiger partial charge in [-0.3, -0.25) is 4.79 Å². The van der Waals surface area contributed by atoms with Gasteiger partial charge in [0.15, 0.2) is 0 Å². The smallest absolute Gasteiger partial charge is 0.270 e. The Hall–Kier alpha value is -1.75. The molecule has 5 heteroatoms. The Morgan fingerprint density at radius 1 is 1.60 bits per heavy atom. The Morgan fingerprint density at radius 2 is 2.40 bits per heavy atom. The molecule has 1 aromatic heterocycles. The Bertz CT molecular complexity index is 501. The SMILES string of the molecule is C=CCNC(=O)c1cc([C@@H]2CCCN(C)C2)nc(C)n1. The second-order valence-corrected chi connectivity index (χ2v) is 5.33. The summed E-state index contributed by atoms with van der Waals surface area (Å²) in [5.74, 6) is 0.877. The molecule has 1 N–H and O–H groups in total. The molecule has 108 valence electrons. The van der Waals surface area contributed by atoms with Crippen molar-refractivity contribution in [1.29, 1.82) is 0 Å². The predicted molar refractivity (Wildman–Crippen MR) is 78.8 cm³/mol. The van der Waals surface area contributed by atoms with Gasteiger partial charge in [-0.05, 0) is 39.4 Å². The van der Waals surface area contributed by atoms with Gasteiger partial charge < -0.3 is 10.2 Å². The second-order valence-electron chi connectivity index (χ2n) is 5.33. The van der Waals surface area contributed by atoms with Gasteiger partial charge in [-0.15, -0.1) is 6.58 Å². The lowest BCUT2D eigenvalue weighted by atomic mass is 9.94. The van der Waals surface area contributed by atoms with Crippen LogP contribution in [0.5, 0.6) is 0 Å². The van der Waals surface area contributed by atoms with Crippen molar-refractivity contribution in [3.8, 4) is 0 Å². The van der Waals surface area contributed by atoms with Gasteiger partial charge in [0.2, 0.25) is 0 Å². The summed E-state index contributed by atoms with van der Waals surface area (Å²) < 4.78 is 0. The van der Waals surface area contributed by atoms with Crippen molar-refractivity contribution in [3.63, 3.8) is 0 Å². The van der Waals surface area contributed by atoms with Gasteiger partial charge in [0, 0.05) is 24.7 Å².